The summed E-state index contributed by atoms with van der Waals surface area (Å²) in [6, 6.07) is 17.5. The summed E-state index contributed by atoms with van der Waals surface area (Å²) in [5, 5.41) is 8.74. The Kier molecular flexibility index (Phi) is 4.25. The first-order valence-electron chi connectivity index (χ1n) is 7.19. The third kappa shape index (κ3) is 3.58. The number of hydrogen-bond donors (Lipinski definition) is 1. The Hall–Kier alpha value is -2.94. The van der Waals surface area contributed by atoms with Gasteiger partial charge >= 0.3 is 0 Å². The highest BCUT2D eigenvalue weighted by Gasteiger charge is 2.10. The minimum absolute atomic E-state index is 0.0669. The second-order valence-electron chi connectivity index (χ2n) is 5.05. The maximum Gasteiger partial charge on any atom is 0.115 e. The summed E-state index contributed by atoms with van der Waals surface area (Å²) in [5.41, 5.74) is 9.48. The van der Waals surface area contributed by atoms with Crippen LogP contribution in [0.5, 0.6) is 0 Å². The van der Waals surface area contributed by atoms with Crippen LogP contribution in [0.1, 0.15) is 5.56 Å². The third-order valence-corrected chi connectivity index (χ3v) is 3.36. The molecule has 0 saturated carbocycles. The van der Waals surface area contributed by atoms with Gasteiger partial charge in [0.2, 0.25) is 0 Å². The highest BCUT2D eigenvalue weighted by atomic mass is 15.1. The average molecular weight is 287 g/mol. The molecule has 3 nitrogen and oxygen atoms in total. The van der Waals surface area contributed by atoms with Crippen LogP contribution in [-0.4, -0.2) is 6.04 Å². The van der Waals surface area contributed by atoms with Crippen molar-refractivity contribution in [1.82, 2.24) is 0 Å². The van der Waals surface area contributed by atoms with E-state index in [1.165, 1.54) is 0 Å². The molecule has 1 atom stereocenters. The summed E-state index contributed by atoms with van der Waals surface area (Å²) < 4.78 is 0. The summed E-state index contributed by atoms with van der Waals surface area (Å²) in [4.78, 5) is 0. The van der Waals surface area contributed by atoms with E-state index in [0.29, 0.717) is 0 Å². The van der Waals surface area contributed by atoms with Crippen LogP contribution in [0.2, 0.25) is 0 Å². The lowest BCUT2D eigenvalue weighted by Gasteiger charge is -2.11. The average Bonchev–Trinajstić information content (AvgIpc) is 2.56. The molecular formula is C19H17N3. The van der Waals surface area contributed by atoms with Crippen molar-refractivity contribution in [2.75, 3.05) is 5.73 Å². The van der Waals surface area contributed by atoms with Crippen molar-refractivity contribution in [3.63, 3.8) is 0 Å². The molecule has 0 fully saturated rings. The molecule has 3 heteroatoms. The van der Waals surface area contributed by atoms with Gasteiger partial charge in [-0.05, 0) is 41.5 Å². The number of rotatable bonds is 3. The Morgan fingerprint density at radius 2 is 1.68 bits per heavy atom. The molecule has 22 heavy (non-hydrogen) atoms. The Bertz CT molecular complexity index is 738. The molecule has 1 unspecified atom stereocenters. The van der Waals surface area contributed by atoms with E-state index in [1.54, 1.807) is 0 Å². The van der Waals surface area contributed by atoms with Crippen molar-refractivity contribution >= 4 is 17.5 Å². The number of nitrogens with zero attached hydrogens (tertiary/aromatic N) is 2. The lowest BCUT2D eigenvalue weighted by atomic mass is 10.00. The molecule has 0 aliphatic heterocycles. The predicted octanol–water partition coefficient (Wildman–Crippen LogP) is 4.93. The van der Waals surface area contributed by atoms with Gasteiger partial charge in [0.1, 0.15) is 6.04 Å². The van der Waals surface area contributed by atoms with Crippen LogP contribution in [0.4, 0.5) is 11.4 Å². The third-order valence-electron chi connectivity index (χ3n) is 3.36. The molecular weight excluding hydrogens is 270 g/mol. The van der Waals surface area contributed by atoms with Crippen molar-refractivity contribution in [3.8, 4) is 0 Å². The van der Waals surface area contributed by atoms with Crippen LogP contribution in [0, 0.1) is 0 Å². The van der Waals surface area contributed by atoms with Gasteiger partial charge < -0.3 is 5.73 Å². The van der Waals surface area contributed by atoms with Gasteiger partial charge in [0.25, 0.3) is 0 Å². The van der Waals surface area contributed by atoms with E-state index in [4.69, 9.17) is 5.73 Å². The zero-order valence-corrected chi connectivity index (χ0v) is 12.1. The maximum absolute atomic E-state index is 5.67. The number of anilines is 1. The molecule has 2 aromatic rings. The minimum atomic E-state index is -0.0669. The first kappa shape index (κ1) is 14.0. The molecule has 0 bridgehead atoms. The Labute approximate surface area is 130 Å². The first-order chi connectivity index (χ1) is 10.8. The van der Waals surface area contributed by atoms with Gasteiger partial charge in [-0.2, -0.15) is 10.2 Å². The summed E-state index contributed by atoms with van der Waals surface area (Å²) in [7, 11) is 0. The maximum atomic E-state index is 5.67. The number of benzene rings is 2. The SMILES string of the molecule is Nc1ccc(N=NC2C=CC=CC2=Cc2ccccc2)cc1. The van der Waals surface area contributed by atoms with Crippen LogP contribution in [0.3, 0.4) is 0 Å². The van der Waals surface area contributed by atoms with Gasteiger partial charge in [-0.1, -0.05) is 54.6 Å². The van der Waals surface area contributed by atoms with Gasteiger partial charge in [-0.15, -0.1) is 0 Å². The Morgan fingerprint density at radius 3 is 2.45 bits per heavy atom. The van der Waals surface area contributed by atoms with Gasteiger partial charge in [0.05, 0.1) is 5.69 Å². The lowest BCUT2D eigenvalue weighted by molar-refractivity contribution is 0.895. The van der Waals surface area contributed by atoms with Crippen LogP contribution in [0.15, 0.2) is 94.7 Å². The summed E-state index contributed by atoms with van der Waals surface area (Å²) in [6.45, 7) is 0. The zero-order chi connectivity index (χ0) is 15.2. The fraction of sp³-hybridized carbons (Fsp3) is 0.0526. The molecule has 0 heterocycles. The molecule has 2 N–H and O–H groups in total. The summed E-state index contributed by atoms with van der Waals surface area (Å²) in [6.07, 6.45) is 10.3. The van der Waals surface area contributed by atoms with E-state index in [2.05, 4.69) is 34.5 Å². The normalized spacial score (nSPS) is 19.1. The van der Waals surface area contributed by atoms with Gasteiger partial charge in [0, 0.05) is 5.69 Å². The molecule has 0 radical (unpaired) electrons. The zero-order valence-electron chi connectivity index (χ0n) is 12.1. The van der Waals surface area contributed by atoms with E-state index in [9.17, 15) is 0 Å². The molecule has 0 saturated heterocycles. The minimum Gasteiger partial charge on any atom is -0.399 e. The Morgan fingerprint density at radius 1 is 0.909 bits per heavy atom. The largest absolute Gasteiger partial charge is 0.399 e. The van der Waals surface area contributed by atoms with E-state index in [0.717, 1.165) is 22.5 Å². The van der Waals surface area contributed by atoms with Gasteiger partial charge in [-0.25, -0.2) is 0 Å². The van der Waals surface area contributed by atoms with Crippen LogP contribution >= 0.6 is 0 Å². The van der Waals surface area contributed by atoms with E-state index < -0.39 is 0 Å². The van der Waals surface area contributed by atoms with Crippen LogP contribution < -0.4 is 5.73 Å². The fourth-order valence-corrected chi connectivity index (χ4v) is 2.20. The monoisotopic (exact) mass is 287 g/mol. The number of nitrogens with two attached hydrogens (primary N) is 1. The molecule has 0 spiro atoms. The molecule has 0 aromatic heterocycles. The summed E-state index contributed by atoms with van der Waals surface area (Å²) >= 11 is 0. The van der Waals surface area contributed by atoms with Crippen molar-refractivity contribution in [2.24, 2.45) is 10.2 Å². The second kappa shape index (κ2) is 6.68. The number of allylic oxidation sites excluding steroid dienone is 2. The lowest BCUT2D eigenvalue weighted by Crippen LogP contribution is -2.04. The van der Waals surface area contributed by atoms with E-state index >= 15 is 0 Å². The van der Waals surface area contributed by atoms with E-state index in [1.807, 2.05) is 60.7 Å². The number of hydrogen-bond acceptors (Lipinski definition) is 3. The van der Waals surface area contributed by atoms with Crippen LogP contribution in [0.25, 0.3) is 6.08 Å². The molecule has 1 aliphatic carbocycles. The summed E-state index contributed by atoms with van der Waals surface area (Å²) in [5.74, 6) is 0. The molecule has 2 aromatic carbocycles. The smallest absolute Gasteiger partial charge is 0.115 e. The van der Waals surface area contributed by atoms with Gasteiger partial charge in [0.15, 0.2) is 0 Å². The molecule has 3 rings (SSSR count). The van der Waals surface area contributed by atoms with Crippen molar-refractivity contribution in [2.45, 2.75) is 6.04 Å². The predicted molar refractivity (Wildman–Crippen MR) is 91.9 cm³/mol. The highest BCUT2D eigenvalue weighted by molar-refractivity contribution is 5.59. The molecule has 108 valence electrons. The Balaban J connectivity index is 1.82. The van der Waals surface area contributed by atoms with Crippen molar-refractivity contribution < 1.29 is 0 Å². The van der Waals surface area contributed by atoms with Crippen molar-refractivity contribution in [1.29, 1.82) is 0 Å². The topological polar surface area (TPSA) is 50.7 Å². The molecule has 1 aliphatic rings. The second-order valence-corrected chi connectivity index (χ2v) is 5.05. The first-order valence-corrected chi connectivity index (χ1v) is 7.19. The van der Waals surface area contributed by atoms with Crippen LogP contribution in [-0.2, 0) is 0 Å². The van der Waals surface area contributed by atoms with E-state index in [-0.39, 0.29) is 6.04 Å². The molecule has 0 amide bonds. The number of nitrogen functional groups attached to an aromatic ring is 1. The fourth-order valence-electron chi connectivity index (χ4n) is 2.20. The quantitative estimate of drug-likeness (QED) is 0.631. The highest BCUT2D eigenvalue weighted by Crippen LogP contribution is 2.21. The van der Waals surface area contributed by atoms with Crippen molar-refractivity contribution in [3.05, 3.63) is 90.0 Å². The number of azo groups is 1. The standard InChI is InChI=1S/C19H17N3/c20-17-10-12-18(13-11-17)21-22-19-9-5-4-8-16(19)14-15-6-2-1-3-7-15/h1-14,19H,20H2. The van der Waals surface area contributed by atoms with Gasteiger partial charge in [-0.3, -0.25) is 0 Å².